The lowest BCUT2D eigenvalue weighted by Gasteiger charge is -2.26. The van der Waals surface area contributed by atoms with Crippen LogP contribution in [-0.4, -0.2) is 6.54 Å². The van der Waals surface area contributed by atoms with E-state index < -0.39 is 0 Å². The first-order valence-corrected chi connectivity index (χ1v) is 7.43. The molecule has 0 fully saturated rings. The van der Waals surface area contributed by atoms with Crippen molar-refractivity contribution in [2.75, 3.05) is 11.4 Å². The molecule has 102 valence electrons. The molecule has 0 saturated heterocycles. The van der Waals surface area contributed by atoms with E-state index in [0.717, 1.165) is 11.3 Å². The van der Waals surface area contributed by atoms with E-state index in [1.165, 1.54) is 6.07 Å². The first kappa shape index (κ1) is 14.5. The van der Waals surface area contributed by atoms with Crippen molar-refractivity contribution in [2.45, 2.75) is 11.8 Å². The molecular formula is C16H14BrFN2. The predicted molar refractivity (Wildman–Crippen MR) is 82.7 cm³/mol. The molecule has 0 unspecified atom stereocenters. The van der Waals surface area contributed by atoms with Crippen molar-refractivity contribution in [3.63, 3.8) is 0 Å². The second-order valence-corrected chi connectivity index (χ2v) is 4.84. The van der Waals surface area contributed by atoms with Gasteiger partial charge in [-0.1, -0.05) is 46.3 Å². The van der Waals surface area contributed by atoms with Gasteiger partial charge in [0.05, 0.1) is 18.2 Å². The fourth-order valence-electron chi connectivity index (χ4n) is 2.11. The van der Waals surface area contributed by atoms with Gasteiger partial charge in [0, 0.05) is 17.6 Å². The molecule has 0 saturated carbocycles. The molecule has 0 aliphatic rings. The lowest BCUT2D eigenvalue weighted by Crippen LogP contribution is -2.20. The number of hydrogen-bond acceptors (Lipinski definition) is 2. The summed E-state index contributed by atoms with van der Waals surface area (Å²) < 4.78 is 14.3. The molecule has 4 heteroatoms. The van der Waals surface area contributed by atoms with Crippen LogP contribution in [-0.2, 0) is 5.33 Å². The summed E-state index contributed by atoms with van der Waals surface area (Å²) in [4.78, 5) is 1.86. The Bertz CT molecular complexity index is 608. The van der Waals surface area contributed by atoms with Gasteiger partial charge < -0.3 is 4.90 Å². The third kappa shape index (κ3) is 3.17. The Hall–Kier alpha value is -1.86. The number of para-hydroxylation sites is 2. The fraction of sp³-hybridized carbons (Fsp3) is 0.188. The average Bonchev–Trinajstić information content (AvgIpc) is 2.50. The minimum Gasteiger partial charge on any atom is -0.338 e. The van der Waals surface area contributed by atoms with E-state index in [2.05, 4.69) is 22.0 Å². The number of rotatable bonds is 5. The number of halogens is 2. The third-order valence-electron chi connectivity index (χ3n) is 3.00. The molecule has 0 N–H and O–H groups in total. The lowest BCUT2D eigenvalue weighted by molar-refractivity contribution is 0.623. The standard InChI is InChI=1S/C16H14BrFN2/c17-12-13-6-4-9-15(18)16(13)20(11-5-10-19)14-7-2-1-3-8-14/h1-4,6-9H,5,11-12H2. The number of alkyl halides is 1. The number of hydrogen-bond donors (Lipinski definition) is 0. The highest BCUT2D eigenvalue weighted by Gasteiger charge is 2.16. The first-order valence-electron chi connectivity index (χ1n) is 6.31. The summed E-state index contributed by atoms with van der Waals surface area (Å²) >= 11 is 3.39. The molecule has 2 rings (SSSR count). The summed E-state index contributed by atoms with van der Waals surface area (Å²) in [7, 11) is 0. The van der Waals surface area contributed by atoms with Gasteiger partial charge in [0.2, 0.25) is 0 Å². The van der Waals surface area contributed by atoms with Crippen LogP contribution >= 0.6 is 15.9 Å². The lowest BCUT2D eigenvalue weighted by atomic mass is 10.1. The number of nitrogens with zero attached hydrogens (tertiary/aromatic N) is 2. The topological polar surface area (TPSA) is 27.0 Å². The van der Waals surface area contributed by atoms with Gasteiger partial charge in [0.1, 0.15) is 5.82 Å². The number of nitriles is 1. The molecule has 2 aromatic rings. The smallest absolute Gasteiger partial charge is 0.147 e. The highest BCUT2D eigenvalue weighted by Crippen LogP contribution is 2.32. The molecule has 0 spiro atoms. The van der Waals surface area contributed by atoms with E-state index in [1.807, 2.05) is 41.3 Å². The highest BCUT2D eigenvalue weighted by atomic mass is 79.9. The van der Waals surface area contributed by atoms with Gasteiger partial charge in [-0.2, -0.15) is 5.26 Å². The van der Waals surface area contributed by atoms with Crippen LogP contribution in [0.5, 0.6) is 0 Å². The van der Waals surface area contributed by atoms with Crippen molar-refractivity contribution in [3.8, 4) is 6.07 Å². The van der Waals surface area contributed by atoms with Crippen LogP contribution in [0.3, 0.4) is 0 Å². The minimum absolute atomic E-state index is 0.274. The Labute approximate surface area is 126 Å². The van der Waals surface area contributed by atoms with E-state index in [0.29, 0.717) is 24.0 Å². The molecule has 0 aliphatic heterocycles. The van der Waals surface area contributed by atoms with Crippen LogP contribution in [0.25, 0.3) is 0 Å². The van der Waals surface area contributed by atoms with Crippen LogP contribution < -0.4 is 4.90 Å². The number of benzene rings is 2. The summed E-state index contributed by atoms with van der Waals surface area (Å²) in [6, 6.07) is 16.7. The molecule has 0 atom stereocenters. The zero-order chi connectivity index (χ0) is 14.4. The molecule has 0 aromatic heterocycles. The van der Waals surface area contributed by atoms with Gasteiger partial charge in [-0.15, -0.1) is 0 Å². The second kappa shape index (κ2) is 7.06. The average molecular weight is 333 g/mol. The minimum atomic E-state index is -0.274. The van der Waals surface area contributed by atoms with Crippen LogP contribution in [0.4, 0.5) is 15.8 Å². The molecule has 20 heavy (non-hydrogen) atoms. The SMILES string of the molecule is N#CCCN(c1ccccc1)c1c(F)cccc1CBr. The van der Waals surface area contributed by atoms with Gasteiger partial charge in [-0.3, -0.25) is 0 Å². The van der Waals surface area contributed by atoms with E-state index in [1.54, 1.807) is 6.07 Å². The maximum Gasteiger partial charge on any atom is 0.147 e. The monoisotopic (exact) mass is 332 g/mol. The van der Waals surface area contributed by atoms with Gasteiger partial charge in [-0.25, -0.2) is 4.39 Å². The predicted octanol–water partition coefficient (Wildman–Crippen LogP) is 4.77. The van der Waals surface area contributed by atoms with Gasteiger partial charge in [0.25, 0.3) is 0 Å². The Balaban J connectivity index is 2.50. The van der Waals surface area contributed by atoms with Crippen molar-refractivity contribution in [3.05, 3.63) is 59.9 Å². The Morgan fingerprint density at radius 3 is 2.50 bits per heavy atom. The van der Waals surface area contributed by atoms with Gasteiger partial charge in [-0.05, 0) is 23.8 Å². The fourth-order valence-corrected chi connectivity index (χ4v) is 2.56. The van der Waals surface area contributed by atoms with E-state index in [9.17, 15) is 4.39 Å². The molecule has 2 aromatic carbocycles. The number of anilines is 2. The Kier molecular flexibility index (Phi) is 5.14. The van der Waals surface area contributed by atoms with Crippen molar-refractivity contribution >= 4 is 27.3 Å². The summed E-state index contributed by atoms with van der Waals surface area (Å²) in [5, 5.41) is 9.39. The quantitative estimate of drug-likeness (QED) is 0.737. The first-order chi connectivity index (χ1) is 9.77. The summed E-state index contributed by atoms with van der Waals surface area (Å²) in [6.45, 7) is 0.460. The summed E-state index contributed by atoms with van der Waals surface area (Å²) in [5.74, 6) is -0.274. The second-order valence-electron chi connectivity index (χ2n) is 4.28. The van der Waals surface area contributed by atoms with Crippen molar-refractivity contribution in [2.24, 2.45) is 0 Å². The van der Waals surface area contributed by atoms with Gasteiger partial charge in [0.15, 0.2) is 0 Å². The Morgan fingerprint density at radius 1 is 1.10 bits per heavy atom. The maximum absolute atomic E-state index is 14.3. The van der Waals surface area contributed by atoms with Crippen LogP contribution in [0.1, 0.15) is 12.0 Å². The van der Waals surface area contributed by atoms with Crippen LogP contribution in [0.15, 0.2) is 48.5 Å². The Morgan fingerprint density at radius 2 is 1.85 bits per heavy atom. The molecule has 0 heterocycles. The molecule has 0 bridgehead atoms. The largest absolute Gasteiger partial charge is 0.338 e. The zero-order valence-corrected chi connectivity index (χ0v) is 12.5. The van der Waals surface area contributed by atoms with Crippen LogP contribution in [0, 0.1) is 17.1 Å². The molecule has 0 amide bonds. The molecule has 2 nitrogen and oxygen atoms in total. The maximum atomic E-state index is 14.3. The van der Waals surface area contributed by atoms with Crippen molar-refractivity contribution in [1.82, 2.24) is 0 Å². The van der Waals surface area contributed by atoms with E-state index in [4.69, 9.17) is 5.26 Å². The summed E-state index contributed by atoms with van der Waals surface area (Å²) in [6.07, 6.45) is 0.338. The molecule has 0 aliphatic carbocycles. The zero-order valence-electron chi connectivity index (χ0n) is 10.9. The van der Waals surface area contributed by atoms with Crippen LogP contribution in [0.2, 0.25) is 0 Å². The van der Waals surface area contributed by atoms with Crippen molar-refractivity contribution in [1.29, 1.82) is 5.26 Å². The molecule has 0 radical (unpaired) electrons. The molecular weight excluding hydrogens is 319 g/mol. The summed E-state index contributed by atoms with van der Waals surface area (Å²) in [5.41, 5.74) is 2.28. The highest BCUT2D eigenvalue weighted by molar-refractivity contribution is 9.08. The van der Waals surface area contributed by atoms with Gasteiger partial charge >= 0.3 is 0 Å². The third-order valence-corrected chi connectivity index (χ3v) is 3.60. The van der Waals surface area contributed by atoms with E-state index >= 15 is 0 Å². The van der Waals surface area contributed by atoms with Crippen molar-refractivity contribution < 1.29 is 4.39 Å². The normalized spacial score (nSPS) is 10.1. The van der Waals surface area contributed by atoms with E-state index in [-0.39, 0.29) is 5.82 Å².